The highest BCUT2D eigenvalue weighted by atomic mass is 16.5. The minimum absolute atomic E-state index is 0.0329. The molecule has 1 atom stereocenters. The Morgan fingerprint density at radius 3 is 2.61 bits per heavy atom. The molecule has 1 aliphatic carbocycles. The molecule has 2 aromatic carbocycles. The first-order chi connectivity index (χ1) is 17.6. The van der Waals surface area contributed by atoms with E-state index in [4.69, 9.17) is 9.15 Å². The molecular formula is C28H26N4O4. The van der Waals surface area contributed by atoms with Crippen molar-refractivity contribution < 1.29 is 18.7 Å². The second-order valence-corrected chi connectivity index (χ2v) is 8.99. The van der Waals surface area contributed by atoms with E-state index in [0.717, 1.165) is 29.9 Å². The number of rotatable bonds is 6. The van der Waals surface area contributed by atoms with Gasteiger partial charge in [0.05, 0.1) is 30.4 Å². The number of benzene rings is 2. The van der Waals surface area contributed by atoms with Gasteiger partial charge in [0.25, 0.3) is 0 Å². The highest BCUT2D eigenvalue weighted by Crippen LogP contribution is 2.42. The summed E-state index contributed by atoms with van der Waals surface area (Å²) < 4.78 is 13.1. The average Bonchev–Trinajstić information content (AvgIpc) is 3.37. The molecule has 0 saturated heterocycles. The Hall–Kier alpha value is -4.46. The van der Waals surface area contributed by atoms with Crippen LogP contribution in [0.25, 0.3) is 5.69 Å². The number of fused-ring (bicyclic) bond motifs is 3. The summed E-state index contributed by atoms with van der Waals surface area (Å²) in [7, 11) is 1.58. The van der Waals surface area contributed by atoms with Gasteiger partial charge in [0.2, 0.25) is 5.91 Å². The van der Waals surface area contributed by atoms with E-state index in [0.29, 0.717) is 17.2 Å². The van der Waals surface area contributed by atoms with Gasteiger partial charge in [-0.05, 0) is 61.4 Å². The molecule has 2 aromatic heterocycles. The summed E-state index contributed by atoms with van der Waals surface area (Å²) in [6.45, 7) is -0.0489. The second kappa shape index (κ2) is 8.96. The lowest BCUT2D eigenvalue weighted by molar-refractivity contribution is -0.119. The van der Waals surface area contributed by atoms with E-state index >= 15 is 0 Å². The van der Waals surface area contributed by atoms with Crippen LogP contribution in [0.4, 0.5) is 16.2 Å². The molecule has 182 valence electrons. The van der Waals surface area contributed by atoms with E-state index in [1.165, 1.54) is 0 Å². The third kappa shape index (κ3) is 3.90. The number of ether oxygens (including phenoxy) is 1. The molecule has 1 fully saturated rings. The maximum atomic E-state index is 14.0. The van der Waals surface area contributed by atoms with Crippen LogP contribution in [-0.2, 0) is 4.79 Å². The van der Waals surface area contributed by atoms with E-state index in [1.807, 2.05) is 66.9 Å². The number of aromatic nitrogens is 1. The fourth-order valence-electron chi connectivity index (χ4n) is 4.85. The van der Waals surface area contributed by atoms with Gasteiger partial charge in [-0.15, -0.1) is 0 Å². The number of methoxy groups -OCH3 is 1. The number of amides is 3. The zero-order valence-corrected chi connectivity index (χ0v) is 19.8. The van der Waals surface area contributed by atoms with Gasteiger partial charge in [-0.25, -0.2) is 4.79 Å². The van der Waals surface area contributed by atoms with E-state index in [1.54, 1.807) is 35.3 Å². The highest BCUT2D eigenvalue weighted by Gasteiger charge is 2.41. The van der Waals surface area contributed by atoms with Crippen molar-refractivity contribution >= 4 is 23.3 Å². The number of nitrogens with zero attached hydrogens (tertiary/aromatic N) is 3. The average molecular weight is 483 g/mol. The molecule has 1 aliphatic heterocycles. The lowest BCUT2D eigenvalue weighted by Crippen LogP contribution is -2.48. The molecule has 0 spiro atoms. The quantitative estimate of drug-likeness (QED) is 0.409. The molecule has 0 bridgehead atoms. The van der Waals surface area contributed by atoms with Crippen molar-refractivity contribution in [1.82, 2.24) is 9.47 Å². The van der Waals surface area contributed by atoms with Crippen LogP contribution in [-0.4, -0.2) is 41.1 Å². The van der Waals surface area contributed by atoms with E-state index in [-0.39, 0.29) is 24.5 Å². The van der Waals surface area contributed by atoms with E-state index in [9.17, 15) is 9.59 Å². The summed E-state index contributed by atoms with van der Waals surface area (Å²) in [6.07, 6.45) is 5.35. The summed E-state index contributed by atoms with van der Waals surface area (Å²) >= 11 is 0. The Labute approximate surface area is 208 Å². The number of nitrogens with one attached hydrogen (secondary N) is 1. The summed E-state index contributed by atoms with van der Waals surface area (Å²) in [5.41, 5.74) is 3.23. The molecule has 6 rings (SSSR count). The van der Waals surface area contributed by atoms with Gasteiger partial charge in [0.1, 0.15) is 24.1 Å². The summed E-state index contributed by atoms with van der Waals surface area (Å²) in [6, 6.07) is 21.9. The molecule has 1 saturated carbocycles. The van der Waals surface area contributed by atoms with Crippen LogP contribution in [0.1, 0.15) is 30.3 Å². The number of anilines is 2. The van der Waals surface area contributed by atoms with Crippen LogP contribution >= 0.6 is 0 Å². The van der Waals surface area contributed by atoms with Gasteiger partial charge < -0.3 is 23.9 Å². The van der Waals surface area contributed by atoms with Crippen molar-refractivity contribution in [2.24, 2.45) is 0 Å². The van der Waals surface area contributed by atoms with Gasteiger partial charge >= 0.3 is 6.03 Å². The fraction of sp³-hybridized carbons (Fsp3) is 0.214. The minimum atomic E-state index is -0.445. The number of carbonyl (C=O) groups excluding carboxylic acids is 2. The highest BCUT2D eigenvalue weighted by molar-refractivity contribution is 6.01. The van der Waals surface area contributed by atoms with Gasteiger partial charge in [-0.3, -0.25) is 9.69 Å². The molecule has 36 heavy (non-hydrogen) atoms. The predicted molar refractivity (Wildman–Crippen MR) is 136 cm³/mol. The van der Waals surface area contributed by atoms with E-state index in [2.05, 4.69) is 9.88 Å². The Balaban J connectivity index is 1.32. The van der Waals surface area contributed by atoms with Crippen molar-refractivity contribution in [3.63, 3.8) is 0 Å². The van der Waals surface area contributed by atoms with Crippen molar-refractivity contribution in [1.29, 1.82) is 0 Å². The monoisotopic (exact) mass is 482 g/mol. The lowest BCUT2D eigenvalue weighted by Gasteiger charge is -2.38. The largest absolute Gasteiger partial charge is 0.497 e. The second-order valence-electron chi connectivity index (χ2n) is 8.99. The number of carbonyl (C=O) groups is 2. The molecule has 2 aliphatic rings. The maximum absolute atomic E-state index is 14.0. The first-order valence-electron chi connectivity index (χ1n) is 12.0. The topological polar surface area (TPSA) is 80.0 Å². The van der Waals surface area contributed by atoms with Gasteiger partial charge in [0, 0.05) is 24.0 Å². The summed E-state index contributed by atoms with van der Waals surface area (Å²) in [5, 5.41) is 2.93. The van der Waals surface area contributed by atoms with E-state index < -0.39 is 6.04 Å². The molecule has 8 nitrogen and oxygen atoms in total. The van der Waals surface area contributed by atoms with Crippen LogP contribution in [0.5, 0.6) is 5.75 Å². The van der Waals surface area contributed by atoms with Crippen LogP contribution in [0.15, 0.2) is 89.7 Å². The van der Waals surface area contributed by atoms with Crippen molar-refractivity contribution in [2.75, 3.05) is 23.9 Å². The first-order valence-corrected chi connectivity index (χ1v) is 12.0. The van der Waals surface area contributed by atoms with Crippen molar-refractivity contribution in [2.45, 2.75) is 24.9 Å². The van der Waals surface area contributed by atoms with Gasteiger partial charge in [-0.2, -0.15) is 0 Å². The zero-order valence-electron chi connectivity index (χ0n) is 19.8. The lowest BCUT2D eigenvalue weighted by atomic mass is 10.0. The molecule has 8 heteroatoms. The Kier molecular flexibility index (Phi) is 5.48. The molecule has 4 aromatic rings. The van der Waals surface area contributed by atoms with Crippen LogP contribution in [0.3, 0.4) is 0 Å². The Morgan fingerprint density at radius 1 is 1.03 bits per heavy atom. The molecular weight excluding hydrogens is 456 g/mol. The zero-order chi connectivity index (χ0) is 24.6. The first kappa shape index (κ1) is 22.0. The van der Waals surface area contributed by atoms with Crippen LogP contribution < -0.4 is 15.0 Å². The molecule has 1 unspecified atom stereocenters. The normalized spacial score (nSPS) is 16.1. The molecule has 1 N–H and O–H groups in total. The number of furan rings is 1. The number of urea groups is 1. The standard InChI is InChI=1S/C28H26N4O4/c1-35-21-8-4-7-19(17-21)29-28(34)31(20-13-14-20)18-26(33)32-23-10-3-2-9-22(23)30-15-5-11-24(30)27(32)25-12-6-16-36-25/h2-12,15-17,20,27H,13-14,18H2,1H3,(H,29,34). The van der Waals surface area contributed by atoms with Gasteiger partial charge in [-0.1, -0.05) is 18.2 Å². The summed E-state index contributed by atoms with van der Waals surface area (Å²) in [4.78, 5) is 30.7. The smallest absolute Gasteiger partial charge is 0.322 e. The Morgan fingerprint density at radius 2 is 1.86 bits per heavy atom. The number of para-hydroxylation sites is 2. The fourth-order valence-corrected chi connectivity index (χ4v) is 4.85. The SMILES string of the molecule is COc1cccc(NC(=O)N(CC(=O)N2c3ccccc3-n3cccc3C2c2ccco2)C2CC2)c1. The Bertz CT molecular complexity index is 1410. The predicted octanol–water partition coefficient (Wildman–Crippen LogP) is 5.21. The minimum Gasteiger partial charge on any atom is -0.497 e. The third-order valence-corrected chi connectivity index (χ3v) is 6.68. The molecule has 3 heterocycles. The third-order valence-electron chi connectivity index (χ3n) is 6.68. The van der Waals surface area contributed by atoms with Crippen molar-refractivity contribution in [3.05, 3.63) is 96.7 Å². The number of hydrogen-bond donors (Lipinski definition) is 1. The summed E-state index contributed by atoms with van der Waals surface area (Å²) in [5.74, 6) is 1.14. The molecule has 3 amide bonds. The van der Waals surface area contributed by atoms with Gasteiger partial charge in [0.15, 0.2) is 0 Å². The number of hydrogen-bond acceptors (Lipinski definition) is 4. The van der Waals surface area contributed by atoms with Crippen molar-refractivity contribution in [3.8, 4) is 11.4 Å². The maximum Gasteiger partial charge on any atom is 0.322 e. The van der Waals surface area contributed by atoms with Crippen LogP contribution in [0.2, 0.25) is 0 Å². The van der Waals surface area contributed by atoms with Crippen LogP contribution in [0, 0.1) is 0 Å². The molecule has 0 radical (unpaired) electrons.